The molecule has 76 valence electrons. The normalized spacial score (nSPS) is 10.4. The Morgan fingerprint density at radius 3 is 2.07 bits per heavy atom. The number of anilines is 1. The van der Waals surface area contributed by atoms with Crippen LogP contribution in [0.5, 0.6) is 0 Å². The van der Waals surface area contributed by atoms with Crippen molar-refractivity contribution < 1.29 is 42.8 Å². The SMILES string of the molecule is NC(=O)CS(=O)(=O)c1ccc(N)cc1.[Na+]. The maximum Gasteiger partial charge on any atom is 1.00 e. The summed E-state index contributed by atoms with van der Waals surface area (Å²) in [4.78, 5) is 10.5. The third-order valence-corrected chi connectivity index (χ3v) is 3.23. The third kappa shape index (κ3) is 4.21. The van der Waals surface area contributed by atoms with Gasteiger partial charge in [0.15, 0.2) is 9.84 Å². The van der Waals surface area contributed by atoms with Gasteiger partial charge in [-0.15, -0.1) is 0 Å². The molecule has 1 rings (SSSR count). The van der Waals surface area contributed by atoms with Gasteiger partial charge in [-0.25, -0.2) is 8.42 Å². The van der Waals surface area contributed by atoms with Gasteiger partial charge in [0.2, 0.25) is 5.91 Å². The predicted octanol–water partition coefficient (Wildman–Crippen LogP) is -3.47. The van der Waals surface area contributed by atoms with Crippen LogP contribution < -0.4 is 41.0 Å². The average Bonchev–Trinajstić information content (AvgIpc) is 2.02. The molecule has 0 aliphatic carbocycles. The van der Waals surface area contributed by atoms with Gasteiger partial charge in [0.05, 0.1) is 4.90 Å². The fourth-order valence-electron chi connectivity index (χ4n) is 0.946. The number of rotatable bonds is 3. The number of benzene rings is 1. The first-order valence-corrected chi connectivity index (χ1v) is 5.43. The molecule has 0 spiro atoms. The van der Waals surface area contributed by atoms with Gasteiger partial charge in [-0.1, -0.05) is 0 Å². The number of amides is 1. The summed E-state index contributed by atoms with van der Waals surface area (Å²) in [6, 6.07) is 5.59. The zero-order valence-corrected chi connectivity index (χ0v) is 11.1. The van der Waals surface area contributed by atoms with Gasteiger partial charge in [0.1, 0.15) is 5.75 Å². The summed E-state index contributed by atoms with van der Waals surface area (Å²) < 4.78 is 22.8. The molecule has 0 saturated carbocycles. The predicted molar refractivity (Wildman–Crippen MR) is 52.1 cm³/mol. The van der Waals surface area contributed by atoms with Gasteiger partial charge in [-0.3, -0.25) is 4.79 Å². The van der Waals surface area contributed by atoms with Gasteiger partial charge < -0.3 is 11.5 Å². The molecule has 0 aliphatic rings. The van der Waals surface area contributed by atoms with E-state index in [2.05, 4.69) is 0 Å². The second-order valence-electron chi connectivity index (χ2n) is 2.79. The molecule has 0 unspecified atom stereocenters. The van der Waals surface area contributed by atoms with Crippen LogP contribution in [-0.2, 0) is 14.6 Å². The van der Waals surface area contributed by atoms with E-state index in [0.29, 0.717) is 5.69 Å². The molecule has 1 aromatic carbocycles. The fourth-order valence-corrected chi connectivity index (χ4v) is 2.04. The van der Waals surface area contributed by atoms with E-state index in [1.165, 1.54) is 24.3 Å². The summed E-state index contributed by atoms with van der Waals surface area (Å²) in [5, 5.41) is 0. The number of carbonyl (C=O) groups excluding carboxylic acids is 1. The smallest absolute Gasteiger partial charge is 0.399 e. The molecule has 4 N–H and O–H groups in total. The molecule has 0 heterocycles. The average molecular weight is 237 g/mol. The van der Waals surface area contributed by atoms with Crippen LogP contribution in [-0.4, -0.2) is 20.1 Å². The molecule has 0 atom stereocenters. The Morgan fingerprint density at radius 2 is 1.67 bits per heavy atom. The zero-order chi connectivity index (χ0) is 10.8. The molecule has 0 radical (unpaired) electrons. The van der Waals surface area contributed by atoms with Crippen LogP contribution in [0.3, 0.4) is 0 Å². The summed E-state index contributed by atoms with van der Waals surface area (Å²) in [5.74, 6) is -1.56. The van der Waals surface area contributed by atoms with E-state index < -0.39 is 21.5 Å². The fraction of sp³-hybridized carbons (Fsp3) is 0.125. The van der Waals surface area contributed by atoms with E-state index in [-0.39, 0.29) is 34.5 Å². The van der Waals surface area contributed by atoms with Crippen molar-refractivity contribution in [3.05, 3.63) is 24.3 Å². The van der Waals surface area contributed by atoms with E-state index in [1.54, 1.807) is 0 Å². The number of nitrogen functional groups attached to an aromatic ring is 1. The van der Waals surface area contributed by atoms with Crippen LogP contribution in [0.15, 0.2) is 29.2 Å². The van der Waals surface area contributed by atoms with Crippen molar-refractivity contribution in [2.45, 2.75) is 4.90 Å². The van der Waals surface area contributed by atoms with Gasteiger partial charge >= 0.3 is 29.6 Å². The van der Waals surface area contributed by atoms with Crippen molar-refractivity contribution in [1.29, 1.82) is 0 Å². The first kappa shape index (κ1) is 14.4. The Kier molecular flexibility index (Phi) is 5.30. The van der Waals surface area contributed by atoms with Crippen molar-refractivity contribution >= 4 is 21.4 Å². The maximum atomic E-state index is 11.4. The first-order chi connectivity index (χ1) is 6.42. The number of carbonyl (C=O) groups is 1. The maximum absolute atomic E-state index is 11.4. The Bertz CT molecular complexity index is 441. The van der Waals surface area contributed by atoms with Crippen LogP contribution in [0.2, 0.25) is 0 Å². The number of hydrogen-bond acceptors (Lipinski definition) is 4. The minimum atomic E-state index is -3.61. The Hall–Kier alpha value is -0.560. The molecule has 5 nitrogen and oxygen atoms in total. The van der Waals surface area contributed by atoms with E-state index in [0.717, 1.165) is 0 Å². The number of primary amides is 1. The van der Waals surface area contributed by atoms with Gasteiger partial charge in [-0.2, -0.15) is 0 Å². The van der Waals surface area contributed by atoms with Gasteiger partial charge in [-0.05, 0) is 24.3 Å². The van der Waals surface area contributed by atoms with Crippen LogP contribution >= 0.6 is 0 Å². The molecule has 0 aliphatic heterocycles. The third-order valence-electron chi connectivity index (χ3n) is 1.57. The van der Waals surface area contributed by atoms with Crippen molar-refractivity contribution in [2.75, 3.05) is 11.5 Å². The summed E-state index contributed by atoms with van der Waals surface area (Å²) >= 11 is 0. The Labute approximate surface area is 110 Å². The number of nitrogens with two attached hydrogens (primary N) is 2. The summed E-state index contributed by atoms with van der Waals surface area (Å²) in [5.41, 5.74) is 10.6. The molecule has 1 aromatic rings. The standard InChI is InChI=1S/C8H10N2O3S.Na/c9-6-1-3-7(4-2-6)14(12,13)5-8(10)11;/h1-4H,5,9H2,(H2,10,11);/q;+1. The molecule has 1 amide bonds. The molecular weight excluding hydrogens is 227 g/mol. The number of sulfone groups is 1. The van der Waals surface area contributed by atoms with Gasteiger partial charge in [0, 0.05) is 5.69 Å². The molecule has 0 fully saturated rings. The molecular formula is C8H10N2NaO3S+. The van der Waals surface area contributed by atoms with Crippen molar-refractivity contribution in [3.63, 3.8) is 0 Å². The van der Waals surface area contributed by atoms with Crippen LogP contribution in [0, 0.1) is 0 Å². The van der Waals surface area contributed by atoms with Crippen molar-refractivity contribution in [3.8, 4) is 0 Å². The quantitative estimate of drug-likeness (QED) is 0.421. The van der Waals surface area contributed by atoms with Crippen molar-refractivity contribution in [1.82, 2.24) is 0 Å². The summed E-state index contributed by atoms with van der Waals surface area (Å²) in [6.45, 7) is 0. The first-order valence-electron chi connectivity index (χ1n) is 3.78. The monoisotopic (exact) mass is 237 g/mol. The van der Waals surface area contributed by atoms with Gasteiger partial charge in [0.25, 0.3) is 0 Å². The second kappa shape index (κ2) is 5.50. The molecule has 7 heteroatoms. The topological polar surface area (TPSA) is 103 Å². The Morgan fingerprint density at radius 1 is 1.20 bits per heavy atom. The summed E-state index contributed by atoms with van der Waals surface area (Å²) in [6.07, 6.45) is 0. The molecule has 15 heavy (non-hydrogen) atoms. The number of hydrogen-bond donors (Lipinski definition) is 2. The van der Waals surface area contributed by atoms with E-state index in [9.17, 15) is 13.2 Å². The minimum absolute atomic E-state index is 0. The largest absolute Gasteiger partial charge is 1.00 e. The van der Waals surface area contributed by atoms with E-state index in [1.807, 2.05) is 0 Å². The molecule has 0 saturated heterocycles. The molecule has 0 aromatic heterocycles. The van der Waals surface area contributed by atoms with Crippen LogP contribution in [0.4, 0.5) is 5.69 Å². The van der Waals surface area contributed by atoms with E-state index >= 15 is 0 Å². The van der Waals surface area contributed by atoms with Crippen LogP contribution in [0.25, 0.3) is 0 Å². The Balaban J connectivity index is 0.00000196. The van der Waals surface area contributed by atoms with Crippen molar-refractivity contribution in [2.24, 2.45) is 5.73 Å². The minimum Gasteiger partial charge on any atom is -0.399 e. The van der Waals surface area contributed by atoms with Crippen LogP contribution in [0.1, 0.15) is 0 Å². The molecule has 0 bridgehead atoms. The zero-order valence-electron chi connectivity index (χ0n) is 8.30. The van der Waals surface area contributed by atoms with E-state index in [4.69, 9.17) is 11.5 Å². The summed E-state index contributed by atoms with van der Waals surface area (Å²) in [7, 11) is -3.61. The second-order valence-corrected chi connectivity index (χ2v) is 4.78.